The Balaban J connectivity index is 2.94. The number of nitrogens with two attached hydrogens (primary N) is 1. The van der Waals surface area contributed by atoms with Gasteiger partial charge in [0.05, 0.1) is 0 Å². The van der Waals surface area contributed by atoms with Crippen LogP contribution >= 0.6 is 0 Å². The molecule has 0 fully saturated rings. The quantitative estimate of drug-likeness (QED) is 0.539. The Morgan fingerprint density at radius 3 is 2.75 bits per heavy atom. The molecule has 0 saturated heterocycles. The topological polar surface area (TPSA) is 63.3 Å². The number of rotatable bonds is 3. The van der Waals surface area contributed by atoms with Crippen molar-refractivity contribution < 1.29 is 8.85 Å². The van der Waals surface area contributed by atoms with Crippen LogP contribution in [0.25, 0.3) is 0 Å². The van der Waals surface area contributed by atoms with Gasteiger partial charge in [-0.1, -0.05) is 0 Å². The van der Waals surface area contributed by atoms with Crippen molar-refractivity contribution in [2.75, 3.05) is 12.3 Å². The molecule has 0 amide bonds. The van der Waals surface area contributed by atoms with E-state index in [4.69, 9.17) is 10.8 Å². The molecule has 1 aromatic rings. The Kier molecular flexibility index (Phi) is 3.44. The van der Waals surface area contributed by atoms with E-state index in [1.165, 1.54) is 0 Å². The molecule has 0 radical (unpaired) electrons. The van der Waals surface area contributed by atoms with Crippen molar-refractivity contribution >= 4 is 25.7 Å². The molecule has 3 nitrogen and oxygen atoms in total. The molecule has 0 aliphatic heterocycles. The average molecular weight is 227 g/mol. The second-order valence-electron chi connectivity index (χ2n) is 2.45. The van der Waals surface area contributed by atoms with Crippen molar-refractivity contribution in [2.45, 2.75) is 6.42 Å². The summed E-state index contributed by atoms with van der Waals surface area (Å²) in [6.07, 6.45) is 0.557. The molecule has 1 rings (SSSR count). The van der Waals surface area contributed by atoms with E-state index in [-0.39, 0.29) is 6.61 Å². The van der Waals surface area contributed by atoms with Crippen LogP contribution in [0.4, 0.5) is 5.69 Å². The predicted octanol–water partition coefficient (Wildman–Crippen LogP) is -0.521. The van der Waals surface area contributed by atoms with Crippen molar-refractivity contribution in [3.8, 4) is 0 Å². The summed E-state index contributed by atoms with van der Waals surface area (Å²) in [4.78, 5) is 0. The molecule has 4 heteroatoms. The normalized spacial score (nSPS) is 10.4. The Morgan fingerprint density at radius 2 is 2.25 bits per heavy atom. The molecule has 0 unspecified atom stereocenters. The summed E-state index contributed by atoms with van der Waals surface area (Å²) in [5, 5.41) is 8.66. The van der Waals surface area contributed by atoms with Gasteiger partial charge in [-0.3, -0.25) is 0 Å². The minimum atomic E-state index is -0.993. The van der Waals surface area contributed by atoms with Crippen LogP contribution < -0.4 is 10.1 Å². The summed E-state index contributed by atoms with van der Waals surface area (Å²) in [5.74, 6) is 0. The molecule has 0 atom stereocenters. The molecule has 0 spiro atoms. The van der Waals surface area contributed by atoms with E-state index in [1.807, 2.05) is 6.07 Å². The average Bonchev–Trinajstić information content (AvgIpc) is 2.09. The molecule has 12 heavy (non-hydrogen) atoms. The van der Waals surface area contributed by atoms with E-state index in [0.717, 1.165) is 9.91 Å². The number of benzene rings is 1. The van der Waals surface area contributed by atoms with Crippen molar-refractivity contribution in [3.63, 3.8) is 0 Å². The van der Waals surface area contributed by atoms with Crippen LogP contribution in [0.3, 0.4) is 0 Å². The molecular formula is C8H10AsNO2. The SMILES string of the molecule is Nc1cc([As]=O)ccc1CCO. The van der Waals surface area contributed by atoms with E-state index in [0.29, 0.717) is 12.1 Å². The molecule has 0 saturated carbocycles. The van der Waals surface area contributed by atoms with Gasteiger partial charge in [0, 0.05) is 0 Å². The first-order valence-corrected chi connectivity index (χ1v) is 5.31. The Hall–Kier alpha value is -0.662. The van der Waals surface area contributed by atoms with Crippen molar-refractivity contribution in [1.29, 1.82) is 0 Å². The van der Waals surface area contributed by atoms with Crippen LogP contribution in [0.5, 0.6) is 0 Å². The molecule has 0 bridgehead atoms. The fourth-order valence-corrected chi connectivity index (χ4v) is 1.67. The predicted molar refractivity (Wildman–Crippen MR) is 47.7 cm³/mol. The van der Waals surface area contributed by atoms with Gasteiger partial charge in [0.15, 0.2) is 0 Å². The third-order valence-corrected chi connectivity index (χ3v) is 2.64. The van der Waals surface area contributed by atoms with Gasteiger partial charge in [0.25, 0.3) is 0 Å². The second-order valence-corrected chi connectivity index (χ2v) is 3.91. The first kappa shape index (κ1) is 9.43. The van der Waals surface area contributed by atoms with Crippen molar-refractivity contribution in [1.82, 2.24) is 0 Å². The number of aliphatic hydroxyl groups is 1. The standard InChI is InChI=1S/C8H10AsNO2/c10-8-5-7(9-12)2-1-6(8)3-4-11/h1-2,5,11H,3-4,10H2. The molecule has 0 heterocycles. The summed E-state index contributed by atoms with van der Waals surface area (Å²) in [6, 6.07) is 5.31. The number of anilines is 1. The molecule has 3 N–H and O–H groups in total. The first-order chi connectivity index (χ1) is 5.77. The number of aliphatic hydroxyl groups excluding tert-OH is 1. The van der Waals surface area contributed by atoms with Crippen LogP contribution in [-0.4, -0.2) is 27.4 Å². The summed E-state index contributed by atoms with van der Waals surface area (Å²) < 4.78 is 11.3. The van der Waals surface area contributed by atoms with Gasteiger partial charge in [-0.05, 0) is 0 Å². The second kappa shape index (κ2) is 4.39. The maximum atomic E-state index is 10.5. The van der Waals surface area contributed by atoms with Gasteiger partial charge >= 0.3 is 77.1 Å². The fourth-order valence-electron chi connectivity index (χ4n) is 0.987. The number of hydrogen-bond donors (Lipinski definition) is 2. The summed E-state index contributed by atoms with van der Waals surface area (Å²) in [6.45, 7) is 0.0919. The van der Waals surface area contributed by atoms with E-state index >= 15 is 0 Å². The minimum absolute atomic E-state index is 0.0919. The van der Waals surface area contributed by atoms with Gasteiger partial charge in [0.2, 0.25) is 0 Å². The third-order valence-electron chi connectivity index (χ3n) is 1.62. The van der Waals surface area contributed by atoms with Gasteiger partial charge in [-0.15, -0.1) is 0 Å². The first-order valence-electron chi connectivity index (χ1n) is 3.60. The van der Waals surface area contributed by atoms with Crippen LogP contribution in [0.15, 0.2) is 18.2 Å². The molecular weight excluding hydrogens is 217 g/mol. The monoisotopic (exact) mass is 227 g/mol. The van der Waals surface area contributed by atoms with Crippen LogP contribution in [0.2, 0.25) is 0 Å². The van der Waals surface area contributed by atoms with Crippen molar-refractivity contribution in [3.05, 3.63) is 23.8 Å². The molecule has 0 aromatic heterocycles. The van der Waals surface area contributed by atoms with Crippen LogP contribution in [-0.2, 0) is 10.2 Å². The zero-order valence-electron chi connectivity index (χ0n) is 6.53. The number of nitrogen functional groups attached to an aromatic ring is 1. The third kappa shape index (κ3) is 2.16. The van der Waals surface area contributed by atoms with E-state index in [9.17, 15) is 3.74 Å². The zero-order valence-corrected chi connectivity index (χ0v) is 8.40. The van der Waals surface area contributed by atoms with Crippen molar-refractivity contribution in [2.24, 2.45) is 0 Å². The van der Waals surface area contributed by atoms with E-state index in [2.05, 4.69) is 0 Å². The summed E-state index contributed by atoms with van der Waals surface area (Å²) >= 11 is -0.993. The fraction of sp³-hybridized carbons (Fsp3) is 0.250. The Morgan fingerprint density at radius 1 is 1.50 bits per heavy atom. The van der Waals surface area contributed by atoms with Gasteiger partial charge in [0.1, 0.15) is 0 Å². The zero-order chi connectivity index (χ0) is 8.97. The van der Waals surface area contributed by atoms with Crippen LogP contribution in [0.1, 0.15) is 5.56 Å². The molecule has 64 valence electrons. The maximum absolute atomic E-state index is 10.5. The van der Waals surface area contributed by atoms with E-state index in [1.54, 1.807) is 12.1 Å². The molecule has 0 aliphatic rings. The summed E-state index contributed by atoms with van der Waals surface area (Å²) in [5.41, 5.74) is 7.18. The summed E-state index contributed by atoms with van der Waals surface area (Å²) in [7, 11) is 0. The van der Waals surface area contributed by atoms with Gasteiger partial charge in [-0.2, -0.15) is 0 Å². The van der Waals surface area contributed by atoms with E-state index < -0.39 is 15.7 Å². The molecule has 0 aliphatic carbocycles. The Labute approximate surface area is 77.5 Å². The van der Waals surface area contributed by atoms with Gasteiger partial charge < -0.3 is 0 Å². The van der Waals surface area contributed by atoms with Gasteiger partial charge in [-0.25, -0.2) is 0 Å². The Bertz CT molecular complexity index is 288. The molecule has 1 aromatic carbocycles. The number of hydrogen-bond acceptors (Lipinski definition) is 3. The van der Waals surface area contributed by atoms with Crippen LogP contribution in [0, 0.1) is 0 Å².